The van der Waals surface area contributed by atoms with Crippen LogP contribution < -0.4 is 5.32 Å². The van der Waals surface area contributed by atoms with Crippen LogP contribution in [-0.4, -0.2) is 62.9 Å². The van der Waals surface area contributed by atoms with Gasteiger partial charge in [0, 0.05) is 32.3 Å². The van der Waals surface area contributed by atoms with E-state index in [-0.39, 0.29) is 31.0 Å². The Labute approximate surface area is 109 Å². The van der Waals surface area contributed by atoms with Gasteiger partial charge in [0.1, 0.15) is 6.61 Å². The molecule has 0 aliphatic carbocycles. The molecule has 0 spiro atoms. The third-order valence-corrected chi connectivity index (χ3v) is 2.62. The number of amides is 1. The van der Waals surface area contributed by atoms with Gasteiger partial charge >= 0.3 is 0 Å². The highest BCUT2D eigenvalue weighted by atomic mass is 35.5. The zero-order chi connectivity index (χ0) is 11.8. The van der Waals surface area contributed by atoms with Crippen LogP contribution in [0.15, 0.2) is 0 Å². The van der Waals surface area contributed by atoms with Gasteiger partial charge in [-0.05, 0) is 13.8 Å². The Bertz CT molecular complexity index is 217. The first-order valence-electron chi connectivity index (χ1n) is 5.91. The lowest BCUT2D eigenvalue weighted by atomic mass is 10.2. The molecule has 0 aromatic rings. The van der Waals surface area contributed by atoms with Crippen molar-refractivity contribution in [1.82, 2.24) is 10.2 Å². The van der Waals surface area contributed by atoms with Crippen molar-refractivity contribution in [3.8, 4) is 0 Å². The summed E-state index contributed by atoms with van der Waals surface area (Å²) in [6.45, 7) is 8.39. The Morgan fingerprint density at radius 3 is 2.76 bits per heavy atom. The molecule has 1 heterocycles. The molecule has 5 nitrogen and oxygen atoms in total. The van der Waals surface area contributed by atoms with Crippen LogP contribution in [0.5, 0.6) is 0 Å². The van der Waals surface area contributed by atoms with Gasteiger partial charge in [0.2, 0.25) is 5.91 Å². The molecule has 1 saturated heterocycles. The highest BCUT2D eigenvalue weighted by Gasteiger charge is 2.22. The van der Waals surface area contributed by atoms with Gasteiger partial charge in [-0.3, -0.25) is 4.79 Å². The van der Waals surface area contributed by atoms with Gasteiger partial charge in [-0.25, -0.2) is 0 Å². The summed E-state index contributed by atoms with van der Waals surface area (Å²) in [6.07, 6.45) is 0. The van der Waals surface area contributed by atoms with E-state index in [1.165, 1.54) is 0 Å². The second-order valence-electron chi connectivity index (χ2n) is 3.89. The molecule has 1 fully saturated rings. The summed E-state index contributed by atoms with van der Waals surface area (Å²) in [5, 5.41) is 3.25. The van der Waals surface area contributed by atoms with Crippen LogP contribution in [0.1, 0.15) is 13.8 Å². The lowest BCUT2D eigenvalue weighted by Crippen LogP contribution is -2.53. The van der Waals surface area contributed by atoms with Crippen molar-refractivity contribution >= 4 is 18.3 Å². The minimum atomic E-state index is 0. The van der Waals surface area contributed by atoms with Crippen molar-refractivity contribution in [3.05, 3.63) is 0 Å². The number of rotatable bonds is 6. The molecule has 0 aromatic carbocycles. The first kappa shape index (κ1) is 16.6. The average Bonchev–Trinajstić information content (AvgIpc) is 2.29. The van der Waals surface area contributed by atoms with Gasteiger partial charge in [0.25, 0.3) is 0 Å². The van der Waals surface area contributed by atoms with E-state index in [1.54, 1.807) is 0 Å². The first-order valence-corrected chi connectivity index (χ1v) is 5.91. The Morgan fingerprint density at radius 1 is 1.41 bits per heavy atom. The van der Waals surface area contributed by atoms with Crippen LogP contribution in [0, 0.1) is 0 Å². The Kier molecular flexibility index (Phi) is 9.44. The Balaban J connectivity index is 0.00000256. The maximum atomic E-state index is 11.8. The van der Waals surface area contributed by atoms with E-state index in [0.717, 1.165) is 19.6 Å². The van der Waals surface area contributed by atoms with Crippen LogP contribution in [0.3, 0.4) is 0 Å². The second-order valence-corrected chi connectivity index (χ2v) is 3.89. The van der Waals surface area contributed by atoms with E-state index in [2.05, 4.69) is 5.32 Å². The van der Waals surface area contributed by atoms with Crippen molar-refractivity contribution < 1.29 is 14.3 Å². The lowest BCUT2D eigenvalue weighted by Gasteiger charge is -2.33. The molecule has 0 aromatic heterocycles. The fourth-order valence-electron chi connectivity index (χ4n) is 1.72. The summed E-state index contributed by atoms with van der Waals surface area (Å²) < 4.78 is 10.4. The van der Waals surface area contributed by atoms with Crippen LogP contribution in [0.4, 0.5) is 0 Å². The average molecular weight is 267 g/mol. The molecule has 0 saturated carbocycles. The molecule has 0 unspecified atom stereocenters. The van der Waals surface area contributed by atoms with Gasteiger partial charge in [-0.15, -0.1) is 12.4 Å². The predicted octanol–water partition coefficient (Wildman–Crippen LogP) is 0.282. The molecular formula is C11H23ClN2O3. The Hall–Kier alpha value is -0.360. The number of hydrogen-bond acceptors (Lipinski definition) is 4. The van der Waals surface area contributed by atoms with E-state index in [4.69, 9.17) is 9.47 Å². The van der Waals surface area contributed by atoms with Crippen molar-refractivity contribution in [1.29, 1.82) is 0 Å². The van der Waals surface area contributed by atoms with Gasteiger partial charge < -0.3 is 19.7 Å². The SMILES string of the molecule is CCOCCOCC(=O)N1CCNC[C@H]1C.Cl. The van der Waals surface area contributed by atoms with E-state index in [0.29, 0.717) is 19.8 Å². The van der Waals surface area contributed by atoms with E-state index in [9.17, 15) is 4.79 Å². The number of nitrogens with one attached hydrogen (secondary N) is 1. The predicted molar refractivity (Wildman–Crippen MR) is 68.6 cm³/mol. The monoisotopic (exact) mass is 266 g/mol. The second kappa shape index (κ2) is 9.65. The van der Waals surface area contributed by atoms with Gasteiger partial charge in [-0.2, -0.15) is 0 Å². The molecule has 1 amide bonds. The fraction of sp³-hybridized carbons (Fsp3) is 0.909. The number of halogens is 1. The summed E-state index contributed by atoms with van der Waals surface area (Å²) in [4.78, 5) is 13.6. The van der Waals surface area contributed by atoms with Gasteiger partial charge in [0.15, 0.2) is 0 Å². The number of ether oxygens (including phenoxy) is 2. The van der Waals surface area contributed by atoms with Crippen molar-refractivity contribution in [2.75, 3.05) is 46.1 Å². The number of piperazine rings is 1. The maximum absolute atomic E-state index is 11.8. The van der Waals surface area contributed by atoms with E-state index < -0.39 is 0 Å². The molecule has 1 rings (SSSR count). The normalized spacial score (nSPS) is 19.9. The van der Waals surface area contributed by atoms with Crippen molar-refractivity contribution in [2.45, 2.75) is 19.9 Å². The number of nitrogens with zero attached hydrogens (tertiary/aromatic N) is 1. The number of hydrogen-bond donors (Lipinski definition) is 1. The molecule has 1 aliphatic rings. The van der Waals surface area contributed by atoms with Crippen LogP contribution >= 0.6 is 12.4 Å². The highest BCUT2D eigenvalue weighted by Crippen LogP contribution is 2.02. The third kappa shape index (κ3) is 6.21. The van der Waals surface area contributed by atoms with Crippen LogP contribution in [0.2, 0.25) is 0 Å². The molecule has 1 N–H and O–H groups in total. The van der Waals surface area contributed by atoms with Crippen LogP contribution in [0.25, 0.3) is 0 Å². The molecule has 17 heavy (non-hydrogen) atoms. The van der Waals surface area contributed by atoms with Gasteiger partial charge in [-0.1, -0.05) is 0 Å². The van der Waals surface area contributed by atoms with Crippen LogP contribution in [-0.2, 0) is 14.3 Å². The quantitative estimate of drug-likeness (QED) is 0.702. The standard InChI is InChI=1S/C11H22N2O3.ClH/c1-3-15-6-7-16-9-11(14)13-5-4-12-8-10(13)2;/h10,12H,3-9H2,1-2H3;1H/t10-;/m1./s1. The third-order valence-electron chi connectivity index (χ3n) is 2.62. The molecule has 0 radical (unpaired) electrons. The Morgan fingerprint density at radius 2 is 2.12 bits per heavy atom. The lowest BCUT2D eigenvalue weighted by molar-refractivity contribution is -0.139. The summed E-state index contributed by atoms with van der Waals surface area (Å²) in [5.74, 6) is 0.0745. The summed E-state index contributed by atoms with van der Waals surface area (Å²) in [6, 6.07) is 0.261. The topological polar surface area (TPSA) is 50.8 Å². The summed E-state index contributed by atoms with van der Waals surface area (Å²) >= 11 is 0. The highest BCUT2D eigenvalue weighted by molar-refractivity contribution is 5.85. The number of carbonyl (C=O) groups excluding carboxylic acids is 1. The van der Waals surface area contributed by atoms with Crippen molar-refractivity contribution in [3.63, 3.8) is 0 Å². The zero-order valence-electron chi connectivity index (χ0n) is 10.6. The van der Waals surface area contributed by atoms with Crippen molar-refractivity contribution in [2.24, 2.45) is 0 Å². The van der Waals surface area contributed by atoms with E-state index in [1.807, 2.05) is 18.7 Å². The zero-order valence-corrected chi connectivity index (χ0v) is 11.4. The smallest absolute Gasteiger partial charge is 0.248 e. The largest absolute Gasteiger partial charge is 0.379 e. The minimum Gasteiger partial charge on any atom is -0.379 e. The van der Waals surface area contributed by atoms with Gasteiger partial charge in [0.05, 0.1) is 13.2 Å². The van der Waals surface area contributed by atoms with E-state index >= 15 is 0 Å². The molecule has 102 valence electrons. The first-order chi connectivity index (χ1) is 7.75. The molecule has 1 atom stereocenters. The molecule has 6 heteroatoms. The maximum Gasteiger partial charge on any atom is 0.248 e. The molecular weight excluding hydrogens is 244 g/mol. The number of carbonyl (C=O) groups is 1. The molecule has 1 aliphatic heterocycles. The fourth-order valence-corrected chi connectivity index (χ4v) is 1.72. The summed E-state index contributed by atoms with van der Waals surface area (Å²) in [5.41, 5.74) is 0. The molecule has 0 bridgehead atoms. The minimum absolute atomic E-state index is 0. The summed E-state index contributed by atoms with van der Waals surface area (Å²) in [7, 11) is 0.